The van der Waals surface area contributed by atoms with Crippen LogP contribution in [0.2, 0.25) is 0 Å². The number of nitrogens with zero attached hydrogens (tertiary/aromatic N) is 3. The molecule has 0 aliphatic heterocycles. The van der Waals surface area contributed by atoms with Crippen LogP contribution in [0.3, 0.4) is 0 Å². The summed E-state index contributed by atoms with van der Waals surface area (Å²) in [5.41, 5.74) is 2.36. The lowest BCUT2D eigenvalue weighted by Crippen LogP contribution is -2.37. The van der Waals surface area contributed by atoms with E-state index in [2.05, 4.69) is 0 Å². The molecule has 0 radical (unpaired) electrons. The summed E-state index contributed by atoms with van der Waals surface area (Å²) in [6.45, 7) is 4.28. The number of anilines is 2. The fourth-order valence-electron chi connectivity index (χ4n) is 2.88. The highest BCUT2D eigenvalue weighted by molar-refractivity contribution is 7.92. The average molecular weight is 385 g/mol. The number of rotatable bonds is 7. The fraction of sp³-hybridized carbons (Fsp3) is 0.300. The maximum absolute atomic E-state index is 12.7. The summed E-state index contributed by atoms with van der Waals surface area (Å²) in [6, 6.07) is 16.1. The van der Waals surface area contributed by atoms with Crippen LogP contribution in [-0.4, -0.2) is 33.7 Å². The minimum atomic E-state index is -3.64. The second-order valence-electron chi connectivity index (χ2n) is 6.19. The molecule has 0 heterocycles. The van der Waals surface area contributed by atoms with E-state index in [1.807, 2.05) is 44.2 Å². The summed E-state index contributed by atoms with van der Waals surface area (Å²) >= 11 is 0. The predicted octanol–water partition coefficient (Wildman–Crippen LogP) is 3.08. The summed E-state index contributed by atoms with van der Waals surface area (Å²) < 4.78 is 25.6. The van der Waals surface area contributed by atoms with E-state index >= 15 is 0 Å². The van der Waals surface area contributed by atoms with Crippen LogP contribution in [0.15, 0.2) is 48.5 Å². The highest BCUT2D eigenvalue weighted by Crippen LogP contribution is 2.23. The summed E-state index contributed by atoms with van der Waals surface area (Å²) in [7, 11) is -3.64. The van der Waals surface area contributed by atoms with Gasteiger partial charge in [-0.1, -0.05) is 24.3 Å². The van der Waals surface area contributed by atoms with Gasteiger partial charge in [0, 0.05) is 25.2 Å². The first-order chi connectivity index (χ1) is 12.8. The van der Waals surface area contributed by atoms with E-state index in [4.69, 9.17) is 0 Å². The summed E-state index contributed by atoms with van der Waals surface area (Å²) in [4.78, 5) is 14.4. The smallest absolute Gasteiger partial charge is 0.232 e. The van der Waals surface area contributed by atoms with E-state index in [0.29, 0.717) is 6.54 Å². The Balaban J connectivity index is 2.24. The number of hydrogen-bond acceptors (Lipinski definition) is 4. The second kappa shape index (κ2) is 8.69. The van der Waals surface area contributed by atoms with Gasteiger partial charge in [-0.15, -0.1) is 0 Å². The van der Waals surface area contributed by atoms with E-state index in [9.17, 15) is 18.5 Å². The molecule has 0 N–H and O–H groups in total. The van der Waals surface area contributed by atoms with Crippen molar-refractivity contribution in [3.8, 4) is 6.07 Å². The molecule has 0 bridgehead atoms. The van der Waals surface area contributed by atoms with Gasteiger partial charge in [-0.05, 0) is 43.7 Å². The lowest BCUT2D eigenvalue weighted by molar-refractivity contribution is -0.118. The van der Waals surface area contributed by atoms with Crippen LogP contribution in [0.25, 0.3) is 0 Å². The van der Waals surface area contributed by atoms with Crippen LogP contribution in [0.5, 0.6) is 0 Å². The van der Waals surface area contributed by atoms with Crippen LogP contribution < -0.4 is 9.21 Å². The molecule has 0 saturated heterocycles. The Morgan fingerprint density at radius 3 is 2.44 bits per heavy atom. The number of hydrogen-bond donors (Lipinski definition) is 0. The van der Waals surface area contributed by atoms with Crippen LogP contribution in [0.1, 0.15) is 24.5 Å². The molecule has 0 aromatic heterocycles. The maximum atomic E-state index is 12.7. The minimum absolute atomic E-state index is 0.00855. The normalized spacial score (nSPS) is 10.9. The zero-order valence-corrected chi connectivity index (χ0v) is 16.5. The van der Waals surface area contributed by atoms with Gasteiger partial charge in [0.1, 0.15) is 6.07 Å². The Labute approximate surface area is 160 Å². The molecule has 0 unspecified atom stereocenters. The van der Waals surface area contributed by atoms with Crippen molar-refractivity contribution in [2.24, 2.45) is 0 Å². The summed E-state index contributed by atoms with van der Waals surface area (Å²) in [5.74, 6) is -0.175. The second-order valence-corrected chi connectivity index (χ2v) is 8.10. The third kappa shape index (κ3) is 5.08. The molecule has 2 aromatic carbocycles. The first-order valence-corrected chi connectivity index (χ1v) is 10.5. The molecular formula is C20H23N3O3S. The number of amides is 1. The molecule has 27 heavy (non-hydrogen) atoms. The summed E-state index contributed by atoms with van der Waals surface area (Å²) in [6.07, 6.45) is 1.08. The predicted molar refractivity (Wildman–Crippen MR) is 107 cm³/mol. The SMILES string of the molecule is CCN(C(=O)CCN(c1ccccc1C#N)S(C)(=O)=O)c1cccc(C)c1. The highest BCUT2D eigenvalue weighted by Gasteiger charge is 2.23. The van der Waals surface area contributed by atoms with Crippen molar-refractivity contribution in [1.29, 1.82) is 5.26 Å². The van der Waals surface area contributed by atoms with Crippen LogP contribution >= 0.6 is 0 Å². The molecule has 0 aliphatic carbocycles. The van der Waals surface area contributed by atoms with Crippen molar-refractivity contribution in [3.63, 3.8) is 0 Å². The van der Waals surface area contributed by atoms with E-state index in [-0.39, 0.29) is 30.1 Å². The molecule has 0 aliphatic rings. The van der Waals surface area contributed by atoms with E-state index in [0.717, 1.165) is 21.8 Å². The Kier molecular flexibility index (Phi) is 6.59. The van der Waals surface area contributed by atoms with Gasteiger partial charge in [-0.2, -0.15) is 5.26 Å². The van der Waals surface area contributed by atoms with E-state index in [1.54, 1.807) is 29.2 Å². The lowest BCUT2D eigenvalue weighted by Gasteiger charge is -2.26. The van der Waals surface area contributed by atoms with Crippen molar-refractivity contribution in [3.05, 3.63) is 59.7 Å². The number of carbonyl (C=O) groups excluding carboxylic acids is 1. The Hall–Kier alpha value is -2.85. The first kappa shape index (κ1) is 20.5. The fourth-order valence-corrected chi connectivity index (χ4v) is 3.82. The highest BCUT2D eigenvalue weighted by atomic mass is 32.2. The van der Waals surface area contributed by atoms with Gasteiger partial charge in [0.25, 0.3) is 0 Å². The molecule has 2 aromatic rings. The third-order valence-electron chi connectivity index (χ3n) is 4.15. The Morgan fingerprint density at radius 1 is 1.15 bits per heavy atom. The van der Waals surface area contributed by atoms with Gasteiger partial charge < -0.3 is 4.90 Å². The van der Waals surface area contributed by atoms with Crippen molar-refractivity contribution in [2.45, 2.75) is 20.3 Å². The number of benzene rings is 2. The molecule has 0 fully saturated rings. The van der Waals surface area contributed by atoms with Crippen LogP contribution in [0, 0.1) is 18.3 Å². The molecule has 0 spiro atoms. The van der Waals surface area contributed by atoms with Gasteiger partial charge >= 0.3 is 0 Å². The van der Waals surface area contributed by atoms with Gasteiger partial charge in [0.05, 0.1) is 17.5 Å². The zero-order chi connectivity index (χ0) is 20.0. The van der Waals surface area contributed by atoms with Gasteiger partial charge in [0.2, 0.25) is 15.9 Å². The average Bonchev–Trinajstić information content (AvgIpc) is 2.62. The Morgan fingerprint density at radius 2 is 1.85 bits per heavy atom. The molecular weight excluding hydrogens is 362 g/mol. The van der Waals surface area contributed by atoms with Crippen molar-refractivity contribution < 1.29 is 13.2 Å². The van der Waals surface area contributed by atoms with Gasteiger partial charge in [0.15, 0.2) is 0 Å². The van der Waals surface area contributed by atoms with Crippen LogP contribution in [-0.2, 0) is 14.8 Å². The summed E-state index contributed by atoms with van der Waals surface area (Å²) in [5, 5.41) is 9.26. The monoisotopic (exact) mass is 385 g/mol. The van der Waals surface area contributed by atoms with Crippen molar-refractivity contribution in [2.75, 3.05) is 28.6 Å². The lowest BCUT2D eigenvalue weighted by atomic mass is 10.2. The number of carbonyl (C=O) groups is 1. The third-order valence-corrected chi connectivity index (χ3v) is 5.33. The maximum Gasteiger partial charge on any atom is 0.232 e. The number of para-hydroxylation sites is 1. The Bertz CT molecular complexity index is 964. The van der Waals surface area contributed by atoms with Crippen molar-refractivity contribution >= 4 is 27.3 Å². The van der Waals surface area contributed by atoms with Crippen LogP contribution in [0.4, 0.5) is 11.4 Å². The minimum Gasteiger partial charge on any atom is -0.313 e. The zero-order valence-electron chi connectivity index (χ0n) is 15.7. The first-order valence-electron chi connectivity index (χ1n) is 8.61. The van der Waals surface area contributed by atoms with Gasteiger partial charge in [-0.3, -0.25) is 9.10 Å². The quantitative estimate of drug-likeness (QED) is 0.733. The molecule has 0 atom stereocenters. The molecule has 7 heteroatoms. The topological polar surface area (TPSA) is 81.5 Å². The van der Waals surface area contributed by atoms with Gasteiger partial charge in [-0.25, -0.2) is 8.42 Å². The molecule has 1 amide bonds. The standard InChI is InChI=1S/C20H23N3O3S/c1-4-22(18-10-7-8-16(2)14-18)20(24)12-13-23(27(3,25)26)19-11-6-5-9-17(19)15-21/h5-11,14H,4,12-13H2,1-3H3. The molecule has 2 rings (SSSR count). The number of aryl methyl sites for hydroxylation is 1. The number of nitriles is 1. The molecule has 142 valence electrons. The van der Waals surface area contributed by atoms with E-state index in [1.165, 1.54) is 0 Å². The molecule has 6 nitrogen and oxygen atoms in total. The molecule has 0 saturated carbocycles. The number of sulfonamides is 1. The van der Waals surface area contributed by atoms with Crippen molar-refractivity contribution in [1.82, 2.24) is 0 Å². The largest absolute Gasteiger partial charge is 0.313 e. The van der Waals surface area contributed by atoms with E-state index < -0.39 is 10.0 Å².